The van der Waals surface area contributed by atoms with Gasteiger partial charge in [-0.05, 0) is 52.8 Å². The monoisotopic (exact) mass is 551 g/mol. The third-order valence-corrected chi connectivity index (χ3v) is 6.78. The van der Waals surface area contributed by atoms with Gasteiger partial charge in [-0.2, -0.15) is 26.3 Å². The third kappa shape index (κ3) is 5.86. The summed E-state index contributed by atoms with van der Waals surface area (Å²) in [7, 11) is 1.19. The summed E-state index contributed by atoms with van der Waals surface area (Å²) >= 11 is 0. The third-order valence-electron chi connectivity index (χ3n) is 6.78. The van der Waals surface area contributed by atoms with E-state index in [-0.39, 0.29) is 30.9 Å². The standard InChI is InChI=1S/C28H23F6NO4/c1-35(26(38)39-15-21-19-8-4-2-6-17(19)18-7-3-5-9-20(18)21)24(25(36)37)13-11-16-10-12-22(27(29,30)31)23(14-16)28(32,33)34/h2-10,12,14,21,24H,11,13,15H2,1H3,(H,36,37)/t24-/m0/s1. The van der Waals surface area contributed by atoms with E-state index in [1.54, 1.807) is 0 Å². The summed E-state index contributed by atoms with van der Waals surface area (Å²) in [6.45, 7) is -0.0720. The normalized spacial score (nSPS) is 13.9. The average molecular weight is 551 g/mol. The first kappa shape index (κ1) is 28.0. The molecule has 39 heavy (non-hydrogen) atoms. The van der Waals surface area contributed by atoms with Crippen LogP contribution in [-0.4, -0.2) is 41.8 Å². The number of benzene rings is 3. The molecule has 0 aromatic heterocycles. The van der Waals surface area contributed by atoms with Crippen LogP contribution in [0.25, 0.3) is 11.1 Å². The molecule has 11 heteroatoms. The molecule has 0 spiro atoms. The van der Waals surface area contributed by atoms with Crippen molar-refractivity contribution in [3.63, 3.8) is 0 Å². The lowest BCUT2D eigenvalue weighted by molar-refractivity contribution is -0.162. The molecule has 0 bridgehead atoms. The molecule has 0 saturated heterocycles. The number of carboxylic acids is 1. The summed E-state index contributed by atoms with van der Waals surface area (Å²) in [6, 6.07) is 15.3. The Morgan fingerprint density at radius 2 is 1.41 bits per heavy atom. The lowest BCUT2D eigenvalue weighted by Crippen LogP contribution is -2.43. The van der Waals surface area contributed by atoms with Crippen molar-refractivity contribution in [3.8, 4) is 11.1 Å². The number of amides is 1. The van der Waals surface area contributed by atoms with E-state index in [4.69, 9.17) is 4.74 Å². The second kappa shape index (κ2) is 10.6. The number of ether oxygens (including phenoxy) is 1. The molecule has 1 atom stereocenters. The van der Waals surface area contributed by atoms with Crippen molar-refractivity contribution in [2.24, 2.45) is 0 Å². The summed E-state index contributed by atoms with van der Waals surface area (Å²) in [5.74, 6) is -1.71. The van der Waals surface area contributed by atoms with Gasteiger partial charge < -0.3 is 9.84 Å². The minimum absolute atomic E-state index is 0.0720. The molecule has 206 valence electrons. The molecular formula is C28H23F6NO4. The number of aryl methyl sites for hydroxylation is 1. The van der Waals surface area contributed by atoms with Crippen LogP contribution < -0.4 is 0 Å². The SMILES string of the molecule is CN(C(=O)OCC1c2ccccc2-c2ccccc21)[C@@H](CCc1ccc(C(F)(F)F)c(C(F)(F)F)c1)C(=O)O. The van der Waals surface area contributed by atoms with Gasteiger partial charge in [0.15, 0.2) is 0 Å². The summed E-state index contributed by atoms with van der Waals surface area (Å²) in [5, 5.41) is 9.67. The Kier molecular flexibility index (Phi) is 7.63. The number of halogens is 6. The van der Waals surface area contributed by atoms with E-state index in [2.05, 4.69) is 0 Å². The zero-order valence-corrected chi connectivity index (χ0v) is 20.5. The highest BCUT2D eigenvalue weighted by atomic mass is 19.4. The van der Waals surface area contributed by atoms with Crippen molar-refractivity contribution in [3.05, 3.63) is 94.5 Å². The molecule has 0 fully saturated rings. The summed E-state index contributed by atoms with van der Waals surface area (Å²) in [5.41, 5.74) is 0.0656. The molecule has 3 aromatic rings. The quantitative estimate of drug-likeness (QED) is 0.322. The van der Waals surface area contributed by atoms with E-state index >= 15 is 0 Å². The lowest BCUT2D eigenvalue weighted by atomic mass is 9.98. The molecule has 1 amide bonds. The molecular weight excluding hydrogens is 528 g/mol. The first-order chi connectivity index (χ1) is 18.3. The average Bonchev–Trinajstić information content (AvgIpc) is 3.19. The second-order valence-electron chi connectivity index (χ2n) is 9.18. The van der Waals surface area contributed by atoms with Crippen molar-refractivity contribution >= 4 is 12.1 Å². The Morgan fingerprint density at radius 3 is 1.92 bits per heavy atom. The molecule has 0 heterocycles. The smallest absolute Gasteiger partial charge is 0.417 e. The fourth-order valence-corrected chi connectivity index (χ4v) is 4.84. The van der Waals surface area contributed by atoms with Gasteiger partial charge in [-0.25, -0.2) is 9.59 Å². The van der Waals surface area contributed by atoms with E-state index in [1.165, 1.54) is 7.05 Å². The number of alkyl halides is 6. The van der Waals surface area contributed by atoms with Crippen LogP contribution in [0.4, 0.5) is 31.1 Å². The van der Waals surface area contributed by atoms with E-state index in [9.17, 15) is 41.0 Å². The van der Waals surface area contributed by atoms with Crippen LogP contribution in [0.1, 0.15) is 40.2 Å². The van der Waals surface area contributed by atoms with Crippen LogP contribution in [0.15, 0.2) is 66.7 Å². The number of rotatable bonds is 7. The summed E-state index contributed by atoms with van der Waals surface area (Å²) in [4.78, 5) is 25.5. The van der Waals surface area contributed by atoms with Crippen LogP contribution in [0.2, 0.25) is 0 Å². The first-order valence-corrected chi connectivity index (χ1v) is 11.9. The molecule has 1 aliphatic rings. The number of carbonyl (C=O) groups excluding carboxylic acids is 1. The van der Waals surface area contributed by atoms with Crippen molar-refractivity contribution in [1.29, 1.82) is 0 Å². The largest absolute Gasteiger partial charge is 0.480 e. The van der Waals surface area contributed by atoms with E-state index in [0.717, 1.165) is 33.2 Å². The number of carboxylic acid groups (broad SMARTS) is 1. The van der Waals surface area contributed by atoms with Crippen molar-refractivity contribution < 1.29 is 45.8 Å². The summed E-state index contributed by atoms with van der Waals surface area (Å²) < 4.78 is 84.3. The number of carbonyl (C=O) groups is 2. The zero-order chi connectivity index (χ0) is 28.5. The predicted molar refractivity (Wildman–Crippen MR) is 129 cm³/mol. The molecule has 5 nitrogen and oxygen atoms in total. The Bertz CT molecular complexity index is 1340. The van der Waals surface area contributed by atoms with Gasteiger partial charge in [0.25, 0.3) is 0 Å². The molecule has 0 saturated carbocycles. The van der Waals surface area contributed by atoms with Crippen molar-refractivity contribution in [1.82, 2.24) is 4.90 Å². The molecule has 1 aliphatic carbocycles. The highest BCUT2D eigenvalue weighted by molar-refractivity contribution is 5.81. The Morgan fingerprint density at radius 1 is 0.872 bits per heavy atom. The molecule has 0 unspecified atom stereocenters. The van der Waals surface area contributed by atoms with Gasteiger partial charge in [0.2, 0.25) is 0 Å². The summed E-state index contributed by atoms with van der Waals surface area (Å²) in [6.07, 6.45) is -12.1. The Balaban J connectivity index is 1.45. The van der Waals surface area contributed by atoms with E-state index in [1.807, 2.05) is 48.5 Å². The minimum Gasteiger partial charge on any atom is -0.480 e. The topological polar surface area (TPSA) is 66.8 Å². The lowest BCUT2D eigenvalue weighted by Gasteiger charge is -2.25. The predicted octanol–water partition coefficient (Wildman–Crippen LogP) is 6.99. The first-order valence-electron chi connectivity index (χ1n) is 11.9. The Hall–Kier alpha value is -4.02. The van der Waals surface area contributed by atoms with Crippen LogP contribution in [0, 0.1) is 0 Å². The van der Waals surface area contributed by atoms with Gasteiger partial charge in [0, 0.05) is 13.0 Å². The van der Waals surface area contributed by atoms with Gasteiger partial charge in [-0.15, -0.1) is 0 Å². The fourth-order valence-electron chi connectivity index (χ4n) is 4.84. The highest BCUT2D eigenvalue weighted by Gasteiger charge is 2.43. The number of likely N-dealkylation sites (N-methyl/N-ethyl adjacent to an activating group) is 1. The molecule has 3 aromatic carbocycles. The molecule has 4 rings (SSSR count). The molecule has 0 radical (unpaired) electrons. The number of hydrogen-bond acceptors (Lipinski definition) is 3. The maximum Gasteiger partial charge on any atom is 0.417 e. The van der Waals surface area contributed by atoms with Gasteiger partial charge in [0.05, 0.1) is 11.1 Å². The van der Waals surface area contributed by atoms with Crippen LogP contribution in [0.5, 0.6) is 0 Å². The molecule has 0 aliphatic heterocycles. The second-order valence-corrected chi connectivity index (χ2v) is 9.18. The van der Waals surface area contributed by atoms with Crippen molar-refractivity contribution in [2.75, 3.05) is 13.7 Å². The van der Waals surface area contributed by atoms with Crippen LogP contribution in [0.3, 0.4) is 0 Å². The van der Waals surface area contributed by atoms with Crippen LogP contribution >= 0.6 is 0 Å². The number of fused-ring (bicyclic) bond motifs is 3. The van der Waals surface area contributed by atoms with Crippen LogP contribution in [-0.2, 0) is 28.3 Å². The maximum atomic E-state index is 13.3. The van der Waals surface area contributed by atoms with Gasteiger partial charge in [0.1, 0.15) is 12.6 Å². The highest BCUT2D eigenvalue weighted by Crippen LogP contribution is 2.44. The number of hydrogen-bond donors (Lipinski definition) is 1. The van der Waals surface area contributed by atoms with Gasteiger partial charge in [-0.1, -0.05) is 54.6 Å². The fraction of sp³-hybridized carbons (Fsp3) is 0.286. The molecule has 1 N–H and O–H groups in total. The van der Waals surface area contributed by atoms with Gasteiger partial charge >= 0.3 is 24.4 Å². The number of nitrogens with zero attached hydrogens (tertiary/aromatic N) is 1. The van der Waals surface area contributed by atoms with Crippen molar-refractivity contribution in [2.45, 2.75) is 37.2 Å². The van der Waals surface area contributed by atoms with E-state index < -0.39 is 41.6 Å². The van der Waals surface area contributed by atoms with Gasteiger partial charge in [-0.3, -0.25) is 4.90 Å². The van der Waals surface area contributed by atoms with E-state index in [0.29, 0.717) is 12.1 Å². The zero-order valence-electron chi connectivity index (χ0n) is 20.5. The minimum atomic E-state index is -5.26. The maximum absolute atomic E-state index is 13.3. The Labute approximate surface area is 219 Å². The number of aliphatic carboxylic acids is 1.